The number of halogens is 1. The number of nitrogens with one attached hydrogen (secondary N) is 2. The Morgan fingerprint density at radius 3 is 2.55 bits per heavy atom. The van der Waals surface area contributed by atoms with Gasteiger partial charge in [0, 0.05) is 28.7 Å². The monoisotopic (exact) mass is 442 g/mol. The summed E-state index contributed by atoms with van der Waals surface area (Å²) in [7, 11) is 5.64. The summed E-state index contributed by atoms with van der Waals surface area (Å²) in [6, 6.07) is 13.4. The number of pyridine rings is 1. The van der Waals surface area contributed by atoms with E-state index in [1.807, 2.05) is 43.3 Å². The lowest BCUT2D eigenvalue weighted by Gasteiger charge is -2.26. The lowest BCUT2D eigenvalue weighted by Crippen LogP contribution is -2.37. The second-order valence-corrected chi connectivity index (χ2v) is 7.98. The number of hydrogen-bond donors (Lipinski definition) is 2. The molecular formula is C23H27FN4O2S. The SMILES string of the molecule is COc1ccc2[nH]c(=O)c(CN(CCCN(C)C)C(=S)Nc3ccc(F)cc3)cc2c1. The first-order chi connectivity index (χ1) is 14.9. The summed E-state index contributed by atoms with van der Waals surface area (Å²) in [6.45, 7) is 1.91. The molecule has 0 aliphatic heterocycles. The normalized spacial score (nSPS) is 11.0. The number of aromatic amines is 1. The van der Waals surface area contributed by atoms with Gasteiger partial charge in [0.1, 0.15) is 11.6 Å². The molecule has 0 saturated heterocycles. The van der Waals surface area contributed by atoms with E-state index in [1.54, 1.807) is 19.2 Å². The van der Waals surface area contributed by atoms with Gasteiger partial charge >= 0.3 is 0 Å². The first-order valence-corrected chi connectivity index (χ1v) is 10.4. The summed E-state index contributed by atoms with van der Waals surface area (Å²) in [5.74, 6) is 0.416. The van der Waals surface area contributed by atoms with Crippen molar-refractivity contribution in [2.24, 2.45) is 0 Å². The molecule has 0 unspecified atom stereocenters. The number of methoxy groups -OCH3 is 1. The zero-order chi connectivity index (χ0) is 22.4. The van der Waals surface area contributed by atoms with Gasteiger partial charge in [0.05, 0.1) is 13.7 Å². The summed E-state index contributed by atoms with van der Waals surface area (Å²) in [6.07, 6.45) is 0.873. The molecule has 1 aromatic heterocycles. The van der Waals surface area contributed by atoms with Crippen molar-refractivity contribution in [2.75, 3.05) is 39.6 Å². The summed E-state index contributed by atoms with van der Waals surface area (Å²) in [4.78, 5) is 19.7. The Labute approximate surface area is 186 Å². The van der Waals surface area contributed by atoms with Crippen LogP contribution in [0.3, 0.4) is 0 Å². The van der Waals surface area contributed by atoms with Gasteiger partial charge < -0.3 is 24.8 Å². The average molecular weight is 443 g/mol. The highest BCUT2D eigenvalue weighted by atomic mass is 32.1. The first-order valence-electron chi connectivity index (χ1n) is 10.0. The van der Waals surface area contributed by atoms with Crippen LogP contribution in [-0.4, -0.2) is 54.2 Å². The van der Waals surface area contributed by atoms with E-state index in [4.69, 9.17) is 17.0 Å². The number of nitrogens with zero attached hydrogens (tertiary/aromatic N) is 2. The molecule has 0 aliphatic rings. The third kappa shape index (κ3) is 6.26. The maximum Gasteiger partial charge on any atom is 0.253 e. The van der Waals surface area contributed by atoms with E-state index in [-0.39, 0.29) is 11.4 Å². The molecular weight excluding hydrogens is 415 g/mol. The molecule has 3 rings (SSSR count). The highest BCUT2D eigenvalue weighted by Gasteiger charge is 2.14. The molecule has 8 heteroatoms. The number of thiocarbonyl (C=S) groups is 1. The molecule has 0 bridgehead atoms. The number of fused-ring (bicyclic) bond motifs is 1. The van der Waals surface area contributed by atoms with E-state index < -0.39 is 0 Å². The van der Waals surface area contributed by atoms with E-state index in [0.29, 0.717) is 29.5 Å². The zero-order valence-corrected chi connectivity index (χ0v) is 18.8. The van der Waals surface area contributed by atoms with Crippen molar-refractivity contribution in [3.05, 3.63) is 70.3 Å². The van der Waals surface area contributed by atoms with Gasteiger partial charge in [-0.15, -0.1) is 0 Å². The highest BCUT2D eigenvalue weighted by Crippen LogP contribution is 2.19. The van der Waals surface area contributed by atoms with Gasteiger partial charge in [-0.1, -0.05) is 0 Å². The summed E-state index contributed by atoms with van der Waals surface area (Å²) >= 11 is 5.62. The van der Waals surface area contributed by atoms with Gasteiger partial charge in [-0.3, -0.25) is 4.79 Å². The zero-order valence-electron chi connectivity index (χ0n) is 17.9. The van der Waals surface area contributed by atoms with Crippen LogP contribution < -0.4 is 15.6 Å². The molecule has 0 atom stereocenters. The Bertz CT molecular complexity index is 1100. The molecule has 0 radical (unpaired) electrons. The van der Waals surface area contributed by atoms with Crippen LogP contribution in [0.2, 0.25) is 0 Å². The second-order valence-electron chi connectivity index (χ2n) is 7.59. The van der Waals surface area contributed by atoms with E-state index in [9.17, 15) is 9.18 Å². The van der Waals surface area contributed by atoms with E-state index in [1.165, 1.54) is 12.1 Å². The predicted molar refractivity (Wildman–Crippen MR) is 127 cm³/mol. The van der Waals surface area contributed by atoms with Crippen molar-refractivity contribution >= 4 is 33.9 Å². The fraction of sp³-hybridized carbons (Fsp3) is 0.304. The van der Waals surface area contributed by atoms with Gasteiger partial charge in [0.25, 0.3) is 5.56 Å². The Balaban J connectivity index is 1.84. The minimum absolute atomic E-state index is 0.153. The Morgan fingerprint density at radius 1 is 1.13 bits per heavy atom. The molecule has 0 spiro atoms. The van der Waals surface area contributed by atoms with E-state index in [0.717, 1.165) is 29.6 Å². The first kappa shape index (κ1) is 22.7. The minimum Gasteiger partial charge on any atom is -0.497 e. The van der Waals surface area contributed by atoms with Crippen molar-refractivity contribution in [3.8, 4) is 5.75 Å². The molecule has 164 valence electrons. The topological polar surface area (TPSA) is 60.6 Å². The Morgan fingerprint density at radius 2 is 1.87 bits per heavy atom. The van der Waals surface area contributed by atoms with Crippen molar-refractivity contribution < 1.29 is 9.13 Å². The highest BCUT2D eigenvalue weighted by molar-refractivity contribution is 7.80. The molecule has 0 amide bonds. The van der Waals surface area contributed by atoms with E-state index >= 15 is 0 Å². The third-order valence-electron chi connectivity index (χ3n) is 4.91. The summed E-state index contributed by atoms with van der Waals surface area (Å²) < 4.78 is 18.5. The van der Waals surface area contributed by atoms with Crippen LogP contribution in [0.25, 0.3) is 10.9 Å². The largest absolute Gasteiger partial charge is 0.497 e. The van der Waals surface area contributed by atoms with Crippen LogP contribution in [0, 0.1) is 5.82 Å². The number of rotatable bonds is 8. The van der Waals surface area contributed by atoms with Crippen LogP contribution in [0.1, 0.15) is 12.0 Å². The van der Waals surface area contributed by atoms with Gasteiger partial charge in [-0.05, 0) is 87.8 Å². The molecule has 0 saturated carbocycles. The number of hydrogen-bond acceptors (Lipinski definition) is 4. The Hall–Kier alpha value is -2.97. The molecule has 2 N–H and O–H groups in total. The molecule has 6 nitrogen and oxygen atoms in total. The smallest absolute Gasteiger partial charge is 0.253 e. The number of benzene rings is 2. The quantitative estimate of drug-likeness (QED) is 0.517. The molecule has 3 aromatic rings. The fourth-order valence-electron chi connectivity index (χ4n) is 3.25. The number of ether oxygens (including phenoxy) is 1. The summed E-state index contributed by atoms with van der Waals surface area (Å²) in [5, 5.41) is 4.52. The number of anilines is 1. The molecule has 1 heterocycles. The van der Waals surface area contributed by atoms with Crippen LogP contribution in [0.15, 0.2) is 53.3 Å². The standard InChI is InChI=1S/C23H27FN4O2S/c1-27(2)11-4-12-28(23(31)25-19-7-5-18(24)6-8-19)15-17-13-16-14-20(30-3)9-10-21(16)26-22(17)29/h5-10,13-14H,4,11-12,15H2,1-3H3,(H,25,31)(H,26,29). The second kappa shape index (κ2) is 10.4. The van der Waals surface area contributed by atoms with Crippen LogP contribution >= 0.6 is 12.2 Å². The number of H-pyrrole nitrogens is 1. The van der Waals surface area contributed by atoms with Gasteiger partial charge in [-0.2, -0.15) is 0 Å². The van der Waals surface area contributed by atoms with Crippen molar-refractivity contribution in [1.29, 1.82) is 0 Å². The van der Waals surface area contributed by atoms with Gasteiger partial charge in [0.15, 0.2) is 5.11 Å². The third-order valence-corrected chi connectivity index (χ3v) is 5.27. The lowest BCUT2D eigenvalue weighted by molar-refractivity contribution is 0.346. The van der Waals surface area contributed by atoms with Crippen molar-refractivity contribution in [2.45, 2.75) is 13.0 Å². The van der Waals surface area contributed by atoms with Crippen molar-refractivity contribution in [3.63, 3.8) is 0 Å². The van der Waals surface area contributed by atoms with Gasteiger partial charge in [0.2, 0.25) is 0 Å². The molecule has 2 aromatic carbocycles. The molecule has 0 aliphatic carbocycles. The van der Waals surface area contributed by atoms with Crippen LogP contribution in [0.5, 0.6) is 5.75 Å². The molecule has 0 fully saturated rings. The fourth-order valence-corrected chi connectivity index (χ4v) is 3.52. The Kier molecular flexibility index (Phi) is 7.59. The molecule has 31 heavy (non-hydrogen) atoms. The average Bonchev–Trinajstić information content (AvgIpc) is 2.74. The minimum atomic E-state index is -0.308. The van der Waals surface area contributed by atoms with Gasteiger partial charge in [-0.25, -0.2) is 4.39 Å². The van der Waals surface area contributed by atoms with E-state index in [2.05, 4.69) is 15.2 Å². The van der Waals surface area contributed by atoms with Crippen LogP contribution in [-0.2, 0) is 6.54 Å². The maximum atomic E-state index is 13.2. The maximum absolute atomic E-state index is 13.2. The number of aromatic nitrogens is 1. The predicted octanol–water partition coefficient (Wildman–Crippen LogP) is 3.83. The summed E-state index contributed by atoms with van der Waals surface area (Å²) in [5.41, 5.74) is 1.90. The van der Waals surface area contributed by atoms with Crippen LogP contribution in [0.4, 0.5) is 10.1 Å². The lowest BCUT2D eigenvalue weighted by atomic mass is 10.1. The van der Waals surface area contributed by atoms with Crippen molar-refractivity contribution in [1.82, 2.24) is 14.8 Å².